The van der Waals surface area contributed by atoms with Crippen LogP contribution in [0.3, 0.4) is 0 Å². The number of hydrogen-bond acceptors (Lipinski definition) is 6. The molecule has 3 aromatic rings. The largest absolute Gasteiger partial charge is 0.492 e. The summed E-state index contributed by atoms with van der Waals surface area (Å²) in [7, 11) is 4.48. The number of nitrogens with one attached hydrogen (secondary N) is 1. The Labute approximate surface area is 212 Å². The van der Waals surface area contributed by atoms with Crippen LogP contribution in [-0.4, -0.2) is 33.8 Å². The smallest absolute Gasteiger partial charge is 0.255 e. The van der Waals surface area contributed by atoms with Gasteiger partial charge in [0.05, 0.1) is 26.9 Å². The molecule has 0 saturated heterocycles. The van der Waals surface area contributed by atoms with E-state index in [9.17, 15) is 4.79 Å². The van der Waals surface area contributed by atoms with Crippen molar-refractivity contribution in [2.24, 2.45) is 5.73 Å². The number of carbonyl (C=O) groups is 1. The lowest BCUT2D eigenvalue weighted by Crippen LogP contribution is -2.24. The SMILES string of the molecule is COc1c(Oc2ccc(CCN)cc2)cc(C(=O)NCc2c(C)cccc2C)c(OC)c1OC.Cl. The predicted molar refractivity (Wildman–Crippen MR) is 140 cm³/mol. The Morgan fingerprint density at radius 1 is 0.886 bits per heavy atom. The first-order chi connectivity index (χ1) is 16.4. The monoisotopic (exact) mass is 500 g/mol. The zero-order chi connectivity index (χ0) is 24.7. The zero-order valence-electron chi connectivity index (χ0n) is 20.8. The Bertz CT molecular complexity index is 1130. The number of aryl methyl sites for hydroxylation is 2. The second-order valence-corrected chi connectivity index (χ2v) is 7.86. The molecule has 0 fully saturated rings. The summed E-state index contributed by atoms with van der Waals surface area (Å²) < 4.78 is 22.8. The highest BCUT2D eigenvalue weighted by Crippen LogP contribution is 2.48. The number of hydrogen-bond donors (Lipinski definition) is 2. The Kier molecular flexibility index (Phi) is 10.2. The Morgan fingerprint density at radius 3 is 2.03 bits per heavy atom. The summed E-state index contributed by atoms with van der Waals surface area (Å²) in [6.07, 6.45) is 0.782. The van der Waals surface area contributed by atoms with Crippen molar-refractivity contribution in [3.63, 3.8) is 0 Å². The number of benzene rings is 3. The van der Waals surface area contributed by atoms with Crippen LogP contribution in [0.4, 0.5) is 0 Å². The molecule has 0 aliphatic rings. The van der Waals surface area contributed by atoms with Gasteiger partial charge in [-0.25, -0.2) is 0 Å². The molecule has 0 aromatic heterocycles. The van der Waals surface area contributed by atoms with Crippen molar-refractivity contribution in [3.05, 3.63) is 76.3 Å². The van der Waals surface area contributed by atoms with Gasteiger partial charge in [0.15, 0.2) is 11.5 Å². The van der Waals surface area contributed by atoms with E-state index in [0.717, 1.165) is 28.7 Å². The number of carbonyl (C=O) groups excluding carboxylic acids is 1. The number of ether oxygens (including phenoxy) is 4. The molecule has 0 heterocycles. The van der Waals surface area contributed by atoms with E-state index in [1.54, 1.807) is 6.07 Å². The van der Waals surface area contributed by atoms with Crippen molar-refractivity contribution >= 4 is 18.3 Å². The predicted octanol–water partition coefficient (Wildman–Crippen LogP) is 4.97. The molecule has 0 aliphatic carbocycles. The van der Waals surface area contributed by atoms with Gasteiger partial charge in [0, 0.05) is 12.6 Å². The quantitative estimate of drug-likeness (QED) is 0.408. The maximum atomic E-state index is 13.3. The number of rotatable bonds is 10. The van der Waals surface area contributed by atoms with E-state index < -0.39 is 0 Å². The maximum Gasteiger partial charge on any atom is 0.255 e. The van der Waals surface area contributed by atoms with Gasteiger partial charge in [-0.15, -0.1) is 12.4 Å². The summed E-state index contributed by atoms with van der Waals surface area (Å²) >= 11 is 0. The molecule has 3 N–H and O–H groups in total. The van der Waals surface area contributed by atoms with Gasteiger partial charge in [-0.3, -0.25) is 4.79 Å². The van der Waals surface area contributed by atoms with Crippen LogP contribution in [0.15, 0.2) is 48.5 Å². The molecule has 0 unspecified atom stereocenters. The Hall–Kier alpha value is -3.42. The molecular formula is C27H33ClN2O5. The molecule has 8 heteroatoms. The molecule has 35 heavy (non-hydrogen) atoms. The molecule has 7 nitrogen and oxygen atoms in total. The number of methoxy groups -OCH3 is 3. The molecule has 1 amide bonds. The lowest BCUT2D eigenvalue weighted by atomic mass is 10.0. The van der Waals surface area contributed by atoms with Crippen LogP contribution < -0.4 is 30.0 Å². The van der Waals surface area contributed by atoms with E-state index in [0.29, 0.717) is 30.3 Å². The third kappa shape index (κ3) is 6.38. The van der Waals surface area contributed by atoms with Gasteiger partial charge >= 0.3 is 0 Å². The molecule has 188 valence electrons. The minimum absolute atomic E-state index is 0. The van der Waals surface area contributed by atoms with Crippen molar-refractivity contribution in [1.29, 1.82) is 0 Å². The first kappa shape index (κ1) is 27.8. The summed E-state index contributed by atoms with van der Waals surface area (Å²) in [5, 5.41) is 2.99. The molecule has 0 atom stereocenters. The first-order valence-electron chi connectivity index (χ1n) is 11.1. The summed E-state index contributed by atoms with van der Waals surface area (Å²) in [6, 6.07) is 15.3. The fraction of sp³-hybridized carbons (Fsp3) is 0.296. The minimum Gasteiger partial charge on any atom is -0.492 e. The van der Waals surface area contributed by atoms with Crippen molar-refractivity contribution in [1.82, 2.24) is 5.32 Å². The highest BCUT2D eigenvalue weighted by Gasteiger charge is 2.26. The van der Waals surface area contributed by atoms with Crippen molar-refractivity contribution in [2.75, 3.05) is 27.9 Å². The van der Waals surface area contributed by atoms with Gasteiger partial charge in [-0.05, 0) is 61.2 Å². The third-order valence-electron chi connectivity index (χ3n) is 5.67. The highest BCUT2D eigenvalue weighted by atomic mass is 35.5. The summed E-state index contributed by atoms with van der Waals surface area (Å²) in [4.78, 5) is 13.3. The fourth-order valence-electron chi connectivity index (χ4n) is 3.83. The lowest BCUT2D eigenvalue weighted by molar-refractivity contribution is 0.0946. The van der Waals surface area contributed by atoms with Crippen LogP contribution in [0.25, 0.3) is 0 Å². The normalized spacial score (nSPS) is 10.2. The lowest BCUT2D eigenvalue weighted by Gasteiger charge is -2.19. The van der Waals surface area contributed by atoms with E-state index in [2.05, 4.69) is 5.32 Å². The average molecular weight is 501 g/mol. The highest BCUT2D eigenvalue weighted by molar-refractivity contribution is 5.99. The van der Waals surface area contributed by atoms with Crippen LogP contribution in [0.5, 0.6) is 28.7 Å². The molecule has 0 bridgehead atoms. The van der Waals surface area contributed by atoms with Crippen molar-refractivity contribution in [2.45, 2.75) is 26.8 Å². The van der Waals surface area contributed by atoms with Crippen LogP contribution in [0.2, 0.25) is 0 Å². The van der Waals surface area contributed by atoms with Crippen molar-refractivity contribution in [3.8, 4) is 28.7 Å². The molecular weight excluding hydrogens is 468 g/mol. The average Bonchev–Trinajstić information content (AvgIpc) is 2.84. The fourth-order valence-corrected chi connectivity index (χ4v) is 3.83. The van der Waals surface area contributed by atoms with E-state index >= 15 is 0 Å². The van der Waals surface area contributed by atoms with Gasteiger partial charge in [-0.1, -0.05) is 30.3 Å². The number of nitrogens with two attached hydrogens (primary N) is 1. The number of halogens is 1. The van der Waals surface area contributed by atoms with Crippen LogP contribution in [0.1, 0.15) is 32.6 Å². The van der Waals surface area contributed by atoms with Crippen molar-refractivity contribution < 1.29 is 23.7 Å². The number of amides is 1. The molecule has 0 radical (unpaired) electrons. The van der Waals surface area contributed by atoms with Gasteiger partial charge in [0.25, 0.3) is 5.91 Å². The van der Waals surface area contributed by atoms with Crippen LogP contribution >= 0.6 is 12.4 Å². The second-order valence-electron chi connectivity index (χ2n) is 7.86. The van der Waals surface area contributed by atoms with E-state index in [4.69, 9.17) is 24.7 Å². The van der Waals surface area contributed by atoms with E-state index in [-0.39, 0.29) is 35.4 Å². The van der Waals surface area contributed by atoms with E-state index in [1.807, 2.05) is 56.3 Å². The zero-order valence-corrected chi connectivity index (χ0v) is 21.6. The molecule has 3 rings (SSSR count). The van der Waals surface area contributed by atoms with Gasteiger partial charge in [-0.2, -0.15) is 0 Å². The third-order valence-corrected chi connectivity index (χ3v) is 5.67. The standard InChI is InChI=1S/C27H32N2O5.ClH/c1-17-7-6-8-18(2)22(17)16-29-27(30)21-15-23(25(32-4)26(33-5)24(21)31-3)34-20-11-9-19(10-12-20)13-14-28;/h6-12,15H,13-14,16,28H2,1-5H3,(H,29,30);1H. The maximum absolute atomic E-state index is 13.3. The van der Waals surface area contributed by atoms with E-state index in [1.165, 1.54) is 21.3 Å². The molecule has 3 aromatic carbocycles. The Morgan fingerprint density at radius 2 is 1.49 bits per heavy atom. The second kappa shape index (κ2) is 12.9. The van der Waals surface area contributed by atoms with Gasteiger partial charge < -0.3 is 30.0 Å². The van der Waals surface area contributed by atoms with Gasteiger partial charge in [0.1, 0.15) is 5.75 Å². The van der Waals surface area contributed by atoms with Crippen LogP contribution in [-0.2, 0) is 13.0 Å². The summed E-state index contributed by atoms with van der Waals surface area (Å²) in [5.41, 5.74) is 10.3. The molecule has 0 aliphatic heterocycles. The topological polar surface area (TPSA) is 92.0 Å². The minimum atomic E-state index is -0.316. The summed E-state index contributed by atoms with van der Waals surface area (Å²) in [5.74, 6) is 1.49. The van der Waals surface area contributed by atoms with Crippen LogP contribution in [0, 0.1) is 13.8 Å². The molecule has 0 spiro atoms. The first-order valence-corrected chi connectivity index (χ1v) is 11.1. The van der Waals surface area contributed by atoms with Gasteiger partial charge in [0.2, 0.25) is 11.5 Å². The Balaban J connectivity index is 0.00000432. The molecule has 0 saturated carbocycles. The summed E-state index contributed by atoms with van der Waals surface area (Å²) in [6.45, 7) is 5.00.